The van der Waals surface area contributed by atoms with E-state index in [-0.39, 0.29) is 5.75 Å². The van der Waals surface area contributed by atoms with Crippen molar-refractivity contribution in [2.75, 3.05) is 12.4 Å². The number of ether oxygens (including phenoxy) is 2. The highest BCUT2D eigenvalue weighted by atomic mass is 32.1. The number of hydrogen-bond donors (Lipinski definition) is 1. The zero-order chi connectivity index (χ0) is 27.4. The van der Waals surface area contributed by atoms with Gasteiger partial charge in [0.1, 0.15) is 22.8 Å². The van der Waals surface area contributed by atoms with E-state index in [0.29, 0.717) is 16.5 Å². The average Bonchev–Trinajstić information content (AvgIpc) is 3.43. The third-order valence-corrected chi connectivity index (χ3v) is 6.11. The van der Waals surface area contributed by atoms with Gasteiger partial charge in [-0.25, -0.2) is 9.67 Å². The monoisotopic (exact) mass is 546 g/mol. The predicted molar refractivity (Wildman–Crippen MR) is 147 cm³/mol. The smallest absolute Gasteiger partial charge is 0.496 e. The van der Waals surface area contributed by atoms with Crippen LogP contribution in [0.2, 0.25) is 0 Å². The number of nitrogens with zero attached hydrogens (tertiary/aromatic N) is 3. The van der Waals surface area contributed by atoms with Crippen molar-refractivity contribution in [1.29, 1.82) is 0 Å². The van der Waals surface area contributed by atoms with Gasteiger partial charge < -0.3 is 14.8 Å². The van der Waals surface area contributed by atoms with E-state index in [0.717, 1.165) is 33.7 Å². The quantitative estimate of drug-likeness (QED) is 0.216. The minimum atomic E-state index is -4.74. The molecule has 0 aliphatic carbocycles. The lowest BCUT2D eigenvalue weighted by Gasteiger charge is -2.12. The van der Waals surface area contributed by atoms with E-state index >= 15 is 0 Å². The number of para-hydroxylation sites is 1. The Labute approximate surface area is 227 Å². The summed E-state index contributed by atoms with van der Waals surface area (Å²) in [5, 5.41) is 7.69. The van der Waals surface area contributed by atoms with Crippen LogP contribution >= 0.6 is 12.2 Å². The van der Waals surface area contributed by atoms with Crippen LogP contribution in [0.1, 0.15) is 5.56 Å². The fourth-order valence-corrected chi connectivity index (χ4v) is 4.18. The molecule has 6 nitrogen and oxygen atoms in total. The maximum absolute atomic E-state index is 12.4. The predicted octanol–water partition coefficient (Wildman–Crippen LogP) is 7.30. The summed E-state index contributed by atoms with van der Waals surface area (Å²) in [6.07, 6.45) is -3.25. The lowest BCUT2D eigenvalue weighted by molar-refractivity contribution is -0.274. The van der Waals surface area contributed by atoms with Crippen LogP contribution in [0, 0.1) is 0 Å². The van der Waals surface area contributed by atoms with Crippen LogP contribution in [0.3, 0.4) is 0 Å². The summed E-state index contributed by atoms with van der Waals surface area (Å²) >= 11 is 5.65. The fourth-order valence-electron chi connectivity index (χ4n) is 3.94. The van der Waals surface area contributed by atoms with E-state index < -0.39 is 6.36 Å². The van der Waals surface area contributed by atoms with Gasteiger partial charge in [-0.15, -0.1) is 18.3 Å². The molecule has 0 saturated heterocycles. The maximum Gasteiger partial charge on any atom is 0.573 e. The molecule has 0 aliphatic rings. The van der Waals surface area contributed by atoms with Crippen molar-refractivity contribution in [3.05, 3.63) is 109 Å². The third kappa shape index (κ3) is 6.24. The molecule has 0 amide bonds. The first-order valence-electron chi connectivity index (χ1n) is 11.7. The second-order valence-electron chi connectivity index (χ2n) is 8.37. The Kier molecular flexibility index (Phi) is 7.29. The number of alkyl halides is 3. The third-order valence-electron chi connectivity index (χ3n) is 5.77. The van der Waals surface area contributed by atoms with Crippen molar-refractivity contribution in [2.45, 2.75) is 6.36 Å². The van der Waals surface area contributed by atoms with Gasteiger partial charge in [-0.1, -0.05) is 48.6 Å². The number of thiocarbonyl (C=S) groups is 1. The van der Waals surface area contributed by atoms with Crippen LogP contribution in [0.5, 0.6) is 11.5 Å². The number of anilines is 1. The van der Waals surface area contributed by atoms with Crippen molar-refractivity contribution in [3.63, 3.8) is 0 Å². The molecular formula is C29H21F3N4O2S. The lowest BCUT2D eigenvalue weighted by Crippen LogP contribution is -2.17. The number of hydrogen-bond acceptors (Lipinski definition) is 5. The van der Waals surface area contributed by atoms with E-state index in [4.69, 9.17) is 17.0 Å². The van der Waals surface area contributed by atoms with Crippen LogP contribution in [0.15, 0.2) is 103 Å². The summed E-state index contributed by atoms with van der Waals surface area (Å²) in [5.41, 5.74) is 4.94. The topological polar surface area (TPSA) is 61.2 Å². The first-order chi connectivity index (χ1) is 18.8. The Bertz CT molecular complexity index is 1600. The van der Waals surface area contributed by atoms with Crippen molar-refractivity contribution < 1.29 is 22.6 Å². The second-order valence-corrected chi connectivity index (χ2v) is 8.78. The highest BCUT2D eigenvalue weighted by Gasteiger charge is 2.31. The Hall–Kier alpha value is -4.70. The summed E-state index contributed by atoms with van der Waals surface area (Å²) in [6.45, 7) is 0. The molecule has 5 rings (SSSR count). The van der Waals surface area contributed by atoms with Crippen molar-refractivity contribution in [2.24, 2.45) is 0 Å². The molecule has 0 aliphatic heterocycles. The normalized spacial score (nSPS) is 11.2. The first-order valence-corrected chi connectivity index (χ1v) is 12.1. The SMILES string of the molecule is COc1ccccc1-c1cccc(C(=S)Nc2ccc(-c3ncn(-c4ccc(OC(F)(F)F)cc4)n3)cc2)c1. The molecule has 0 atom stereocenters. The molecule has 4 aromatic carbocycles. The minimum Gasteiger partial charge on any atom is -0.496 e. The van der Waals surface area contributed by atoms with E-state index in [1.54, 1.807) is 7.11 Å². The lowest BCUT2D eigenvalue weighted by atomic mass is 10.0. The van der Waals surface area contributed by atoms with Crippen molar-refractivity contribution in [3.8, 4) is 39.7 Å². The van der Waals surface area contributed by atoms with Gasteiger partial charge in [0.15, 0.2) is 5.82 Å². The number of methoxy groups -OCH3 is 1. The number of halogens is 3. The molecule has 1 N–H and O–H groups in total. The summed E-state index contributed by atoms with van der Waals surface area (Å²) in [6, 6.07) is 28.6. The number of aromatic nitrogens is 3. The molecular weight excluding hydrogens is 525 g/mol. The Morgan fingerprint density at radius 1 is 0.872 bits per heavy atom. The van der Waals surface area contributed by atoms with E-state index in [9.17, 15) is 13.2 Å². The minimum absolute atomic E-state index is 0.306. The molecule has 10 heteroatoms. The van der Waals surface area contributed by atoms with Crippen LogP contribution in [0.4, 0.5) is 18.9 Å². The van der Waals surface area contributed by atoms with E-state index in [1.165, 1.54) is 35.3 Å². The molecule has 5 aromatic rings. The van der Waals surface area contributed by atoms with Crippen LogP contribution in [-0.4, -0.2) is 33.2 Å². The van der Waals surface area contributed by atoms with Crippen LogP contribution < -0.4 is 14.8 Å². The number of rotatable bonds is 7. The molecule has 196 valence electrons. The Balaban J connectivity index is 1.27. The van der Waals surface area contributed by atoms with Crippen molar-refractivity contribution in [1.82, 2.24) is 14.8 Å². The van der Waals surface area contributed by atoms with Crippen molar-refractivity contribution >= 4 is 22.9 Å². The highest BCUT2D eigenvalue weighted by Crippen LogP contribution is 2.30. The van der Waals surface area contributed by atoms with Gasteiger partial charge in [0.05, 0.1) is 12.8 Å². The largest absolute Gasteiger partial charge is 0.573 e. The molecule has 1 heterocycles. The Morgan fingerprint density at radius 3 is 2.33 bits per heavy atom. The van der Waals surface area contributed by atoms with Crippen LogP contribution in [0.25, 0.3) is 28.2 Å². The van der Waals surface area contributed by atoms with Gasteiger partial charge in [-0.2, -0.15) is 0 Å². The Morgan fingerprint density at radius 2 is 1.62 bits per heavy atom. The second kappa shape index (κ2) is 11.0. The highest BCUT2D eigenvalue weighted by molar-refractivity contribution is 7.81. The standard InChI is InChI=1S/C29H21F3N4O2S/c1-37-26-8-3-2-7-25(26)20-5-4-6-21(17-20)28(39)34-22-11-9-19(10-12-22)27-33-18-36(35-27)23-13-15-24(16-14-23)38-29(30,31)32/h2-18H,1H3,(H,34,39). The molecule has 0 radical (unpaired) electrons. The zero-order valence-corrected chi connectivity index (χ0v) is 21.3. The van der Waals surface area contributed by atoms with Gasteiger partial charge in [0.25, 0.3) is 0 Å². The maximum atomic E-state index is 12.4. The molecule has 0 unspecified atom stereocenters. The zero-order valence-electron chi connectivity index (χ0n) is 20.5. The van der Waals surface area contributed by atoms with Gasteiger partial charge in [-0.3, -0.25) is 0 Å². The van der Waals surface area contributed by atoms with E-state index in [1.807, 2.05) is 72.8 Å². The van der Waals surface area contributed by atoms with Crippen LogP contribution in [-0.2, 0) is 0 Å². The molecule has 0 spiro atoms. The summed E-state index contributed by atoms with van der Waals surface area (Å²) in [5.74, 6) is 0.941. The molecule has 1 aromatic heterocycles. The van der Waals surface area contributed by atoms with E-state index in [2.05, 4.69) is 20.1 Å². The van der Waals surface area contributed by atoms with Gasteiger partial charge >= 0.3 is 6.36 Å². The number of benzene rings is 4. The molecule has 0 bridgehead atoms. The molecule has 0 fully saturated rings. The summed E-state index contributed by atoms with van der Waals surface area (Å²) in [7, 11) is 1.65. The molecule has 39 heavy (non-hydrogen) atoms. The fraction of sp³-hybridized carbons (Fsp3) is 0.0690. The summed E-state index contributed by atoms with van der Waals surface area (Å²) in [4.78, 5) is 4.89. The summed E-state index contributed by atoms with van der Waals surface area (Å²) < 4.78 is 48.0. The first kappa shape index (κ1) is 25.9. The number of nitrogens with one attached hydrogen (secondary N) is 1. The average molecular weight is 547 g/mol. The molecule has 0 saturated carbocycles. The van der Waals surface area contributed by atoms with Gasteiger partial charge in [-0.05, 0) is 66.2 Å². The van der Waals surface area contributed by atoms with Gasteiger partial charge in [0.2, 0.25) is 0 Å². The van der Waals surface area contributed by atoms with Gasteiger partial charge in [0, 0.05) is 22.4 Å².